The second-order valence-electron chi connectivity index (χ2n) is 6.54. The number of anilines is 1. The zero-order valence-corrected chi connectivity index (χ0v) is 16.2. The van der Waals surface area contributed by atoms with Crippen LogP contribution in [0.5, 0.6) is 0 Å². The molecule has 0 bridgehead atoms. The Kier molecular flexibility index (Phi) is 4.89. The van der Waals surface area contributed by atoms with E-state index in [1.807, 2.05) is 0 Å². The molecule has 1 aliphatic rings. The quantitative estimate of drug-likeness (QED) is 0.496. The highest BCUT2D eigenvalue weighted by Gasteiger charge is 2.36. The molecule has 1 amide bonds. The first-order valence-electron chi connectivity index (χ1n) is 8.49. The third-order valence-corrected chi connectivity index (χ3v) is 5.21. The normalized spacial score (nSPS) is 17.2. The topological polar surface area (TPSA) is 59.2 Å². The highest BCUT2D eigenvalue weighted by Crippen LogP contribution is 2.35. The maximum Gasteiger partial charge on any atom is 0.416 e. The lowest BCUT2D eigenvalue weighted by Gasteiger charge is -2.17. The molecule has 10 heteroatoms. The van der Waals surface area contributed by atoms with Crippen LogP contribution in [-0.2, 0) is 11.0 Å². The molecular weight excluding hydrogens is 458 g/mol. The van der Waals surface area contributed by atoms with Crippen molar-refractivity contribution >= 4 is 27.5 Å². The van der Waals surface area contributed by atoms with Gasteiger partial charge in [-0.25, -0.2) is 4.39 Å². The van der Waals surface area contributed by atoms with E-state index in [0.29, 0.717) is 11.3 Å². The number of rotatable bonds is 3. The summed E-state index contributed by atoms with van der Waals surface area (Å²) in [6.45, 7) is 0.207. The lowest BCUT2D eigenvalue weighted by Crippen LogP contribution is -2.24. The Balaban J connectivity index is 1.52. The standard InChI is InChI=1S/C19H12BrF4N3O2/c20-14-7-10(1-6-15(14)21)17-25-18(29-26-17)11-8-16(28)27(9-11)13-4-2-12(3-5-13)19(22,23)24/h1-7,11H,8-9H2. The Hall–Kier alpha value is -2.75. The van der Waals surface area contributed by atoms with Gasteiger partial charge in [-0.1, -0.05) is 5.16 Å². The van der Waals surface area contributed by atoms with E-state index in [1.54, 1.807) is 0 Å². The first-order valence-corrected chi connectivity index (χ1v) is 9.28. The molecule has 0 spiro atoms. The van der Waals surface area contributed by atoms with Gasteiger partial charge in [-0.2, -0.15) is 18.2 Å². The van der Waals surface area contributed by atoms with Crippen LogP contribution >= 0.6 is 15.9 Å². The number of nitrogens with zero attached hydrogens (tertiary/aromatic N) is 3. The molecule has 1 aromatic heterocycles. The van der Waals surface area contributed by atoms with Crippen molar-refractivity contribution in [1.29, 1.82) is 0 Å². The van der Waals surface area contributed by atoms with Crippen molar-refractivity contribution < 1.29 is 26.9 Å². The largest absolute Gasteiger partial charge is 0.416 e. The number of hydrogen-bond acceptors (Lipinski definition) is 4. The van der Waals surface area contributed by atoms with E-state index < -0.39 is 23.5 Å². The number of benzene rings is 2. The highest BCUT2D eigenvalue weighted by molar-refractivity contribution is 9.10. The molecule has 150 valence electrons. The molecule has 0 saturated carbocycles. The monoisotopic (exact) mass is 469 g/mol. The smallest absolute Gasteiger partial charge is 0.339 e. The van der Waals surface area contributed by atoms with Gasteiger partial charge in [0.25, 0.3) is 0 Å². The molecule has 1 aliphatic heterocycles. The van der Waals surface area contributed by atoms with Crippen molar-refractivity contribution in [3.63, 3.8) is 0 Å². The lowest BCUT2D eigenvalue weighted by molar-refractivity contribution is -0.137. The fourth-order valence-electron chi connectivity index (χ4n) is 3.11. The molecule has 29 heavy (non-hydrogen) atoms. The summed E-state index contributed by atoms with van der Waals surface area (Å²) < 4.78 is 57.1. The van der Waals surface area contributed by atoms with Crippen LogP contribution in [0.4, 0.5) is 23.2 Å². The average Bonchev–Trinajstić information content (AvgIpc) is 3.30. The molecule has 4 rings (SSSR count). The van der Waals surface area contributed by atoms with Crippen molar-refractivity contribution in [2.24, 2.45) is 0 Å². The maximum atomic E-state index is 13.4. The third-order valence-electron chi connectivity index (χ3n) is 4.60. The van der Waals surface area contributed by atoms with Crippen LogP contribution in [0.25, 0.3) is 11.4 Å². The van der Waals surface area contributed by atoms with Crippen molar-refractivity contribution in [1.82, 2.24) is 10.1 Å². The van der Waals surface area contributed by atoms with E-state index >= 15 is 0 Å². The Morgan fingerprint density at radius 2 is 1.86 bits per heavy atom. The summed E-state index contributed by atoms with van der Waals surface area (Å²) in [5.74, 6) is -0.579. The Bertz CT molecular complexity index is 1070. The molecule has 0 aliphatic carbocycles. The summed E-state index contributed by atoms with van der Waals surface area (Å²) >= 11 is 3.09. The number of aromatic nitrogens is 2. The van der Waals surface area contributed by atoms with Crippen molar-refractivity contribution in [3.8, 4) is 11.4 Å². The van der Waals surface area contributed by atoms with E-state index in [4.69, 9.17) is 4.52 Å². The second-order valence-corrected chi connectivity index (χ2v) is 7.39. The highest BCUT2D eigenvalue weighted by atomic mass is 79.9. The van der Waals surface area contributed by atoms with Crippen molar-refractivity contribution in [3.05, 3.63) is 64.2 Å². The number of halogens is 5. The van der Waals surface area contributed by atoms with Crippen LogP contribution in [0.3, 0.4) is 0 Å². The fraction of sp³-hybridized carbons (Fsp3) is 0.211. The van der Waals surface area contributed by atoms with Gasteiger partial charge in [0.1, 0.15) is 5.82 Å². The predicted octanol–water partition coefficient (Wildman–Crippen LogP) is 5.18. The molecule has 1 saturated heterocycles. The van der Waals surface area contributed by atoms with Gasteiger partial charge in [0.05, 0.1) is 16.0 Å². The average molecular weight is 470 g/mol. The van der Waals surface area contributed by atoms with Crippen molar-refractivity contribution in [2.45, 2.75) is 18.5 Å². The van der Waals surface area contributed by atoms with E-state index in [2.05, 4.69) is 26.1 Å². The van der Waals surface area contributed by atoms with Crippen LogP contribution in [0.1, 0.15) is 23.8 Å². The summed E-state index contributed by atoms with van der Waals surface area (Å²) in [5, 5.41) is 3.88. The molecule has 3 aromatic rings. The molecule has 1 unspecified atom stereocenters. The second kappa shape index (κ2) is 7.25. The Morgan fingerprint density at radius 3 is 2.52 bits per heavy atom. The van der Waals surface area contributed by atoms with E-state index in [9.17, 15) is 22.4 Å². The van der Waals surface area contributed by atoms with E-state index in [0.717, 1.165) is 12.1 Å². The van der Waals surface area contributed by atoms with Crippen LogP contribution < -0.4 is 4.90 Å². The minimum Gasteiger partial charge on any atom is -0.339 e. The molecule has 5 nitrogen and oxygen atoms in total. The minimum atomic E-state index is -4.44. The fourth-order valence-corrected chi connectivity index (χ4v) is 3.49. The molecule has 1 fully saturated rings. The lowest BCUT2D eigenvalue weighted by atomic mass is 10.1. The zero-order chi connectivity index (χ0) is 20.8. The van der Waals surface area contributed by atoms with E-state index in [-0.39, 0.29) is 35.1 Å². The summed E-state index contributed by atoms with van der Waals surface area (Å²) in [4.78, 5) is 18.1. The first-order chi connectivity index (χ1) is 13.7. The van der Waals surface area contributed by atoms with E-state index in [1.165, 1.54) is 35.2 Å². The maximum absolute atomic E-state index is 13.4. The van der Waals surface area contributed by atoms with Gasteiger partial charge in [0.15, 0.2) is 0 Å². The summed E-state index contributed by atoms with van der Waals surface area (Å²) in [5.41, 5.74) is 0.126. The van der Waals surface area contributed by atoms with Gasteiger partial charge in [-0.3, -0.25) is 4.79 Å². The van der Waals surface area contributed by atoms with Gasteiger partial charge in [0.2, 0.25) is 17.6 Å². The van der Waals surface area contributed by atoms with Gasteiger partial charge in [-0.15, -0.1) is 0 Å². The van der Waals surface area contributed by atoms with Gasteiger partial charge in [-0.05, 0) is 58.4 Å². The van der Waals surface area contributed by atoms with Crippen LogP contribution in [0.2, 0.25) is 0 Å². The first kappa shape index (κ1) is 19.6. The predicted molar refractivity (Wildman–Crippen MR) is 98.5 cm³/mol. The molecule has 2 heterocycles. The van der Waals surface area contributed by atoms with Crippen molar-refractivity contribution in [2.75, 3.05) is 11.4 Å². The summed E-state index contributed by atoms with van der Waals surface area (Å²) in [7, 11) is 0. The zero-order valence-electron chi connectivity index (χ0n) is 14.6. The Labute approximate surface area is 170 Å². The number of carbonyl (C=O) groups excluding carboxylic acids is 1. The number of carbonyl (C=O) groups is 1. The summed E-state index contributed by atoms with van der Waals surface area (Å²) in [6, 6.07) is 8.68. The molecule has 0 N–H and O–H groups in total. The minimum absolute atomic E-state index is 0.0930. The number of hydrogen-bond donors (Lipinski definition) is 0. The molecule has 2 aromatic carbocycles. The molecule has 0 radical (unpaired) electrons. The van der Waals surface area contributed by atoms with Gasteiger partial charge >= 0.3 is 6.18 Å². The number of amides is 1. The molecular formula is C19H12BrF4N3O2. The third kappa shape index (κ3) is 3.89. The van der Waals surface area contributed by atoms with Gasteiger partial charge in [0, 0.05) is 24.2 Å². The number of alkyl halides is 3. The van der Waals surface area contributed by atoms with Gasteiger partial charge < -0.3 is 9.42 Å². The van der Waals surface area contributed by atoms with Crippen LogP contribution in [-0.4, -0.2) is 22.6 Å². The van der Waals surface area contributed by atoms with Crippen LogP contribution in [0.15, 0.2) is 51.5 Å². The SMILES string of the molecule is O=C1CC(c2nc(-c3ccc(F)c(Br)c3)no2)CN1c1ccc(C(F)(F)F)cc1. The Morgan fingerprint density at radius 1 is 1.14 bits per heavy atom. The molecule has 1 atom stereocenters. The van der Waals surface area contributed by atoms with Crippen LogP contribution in [0, 0.1) is 5.82 Å². The summed E-state index contributed by atoms with van der Waals surface area (Å²) in [6.07, 6.45) is -4.35.